The molecule has 6 heteroatoms. The third-order valence-corrected chi connectivity index (χ3v) is 4.14. The van der Waals surface area contributed by atoms with Gasteiger partial charge in [0.05, 0.1) is 18.8 Å². The van der Waals surface area contributed by atoms with E-state index in [2.05, 4.69) is 15.5 Å². The van der Waals surface area contributed by atoms with Crippen LogP contribution >= 0.6 is 0 Å². The molecule has 0 saturated heterocycles. The summed E-state index contributed by atoms with van der Waals surface area (Å²) >= 11 is 0. The van der Waals surface area contributed by atoms with Gasteiger partial charge in [-0.05, 0) is 29.8 Å². The number of hydrogen-bond acceptors (Lipinski definition) is 4. The minimum absolute atomic E-state index is 0.154. The Balaban J connectivity index is 1.86. The van der Waals surface area contributed by atoms with E-state index < -0.39 is 0 Å². The molecule has 24 heavy (non-hydrogen) atoms. The van der Waals surface area contributed by atoms with Crippen molar-refractivity contribution in [1.29, 1.82) is 0 Å². The number of aromatic amines is 1. The minimum Gasteiger partial charge on any atom is -0.508 e. The third-order valence-electron chi connectivity index (χ3n) is 4.14. The maximum absolute atomic E-state index is 12.2. The number of ether oxygens (including phenoxy) is 1. The summed E-state index contributed by atoms with van der Waals surface area (Å²) in [7, 11) is 1.61. The van der Waals surface area contributed by atoms with Crippen molar-refractivity contribution in [1.82, 2.24) is 15.5 Å². The van der Waals surface area contributed by atoms with Crippen LogP contribution in [-0.4, -0.2) is 28.3 Å². The Kier molecular flexibility index (Phi) is 3.23. The minimum atomic E-state index is -0.362. The average molecular weight is 321 g/mol. The van der Waals surface area contributed by atoms with Crippen LogP contribution in [0.15, 0.2) is 48.5 Å². The fourth-order valence-electron chi connectivity index (χ4n) is 3.03. The summed E-state index contributed by atoms with van der Waals surface area (Å²) in [6.45, 7) is 0. The van der Waals surface area contributed by atoms with Gasteiger partial charge in [0.25, 0.3) is 5.91 Å². The van der Waals surface area contributed by atoms with Gasteiger partial charge in [0.1, 0.15) is 17.2 Å². The molecule has 6 nitrogen and oxygen atoms in total. The lowest BCUT2D eigenvalue weighted by atomic mass is 9.96. The molecule has 1 atom stereocenters. The van der Waals surface area contributed by atoms with Crippen LogP contribution in [-0.2, 0) is 0 Å². The van der Waals surface area contributed by atoms with E-state index in [1.807, 2.05) is 30.3 Å². The average Bonchev–Trinajstić information content (AvgIpc) is 3.16. The second-order valence-electron chi connectivity index (χ2n) is 5.59. The van der Waals surface area contributed by atoms with Crippen LogP contribution in [0, 0.1) is 0 Å². The van der Waals surface area contributed by atoms with Crippen LogP contribution in [0.3, 0.4) is 0 Å². The molecule has 1 aromatic heterocycles. The molecule has 1 amide bonds. The van der Waals surface area contributed by atoms with E-state index in [0.29, 0.717) is 11.4 Å². The highest BCUT2D eigenvalue weighted by Crippen LogP contribution is 2.38. The highest BCUT2D eigenvalue weighted by Gasteiger charge is 2.35. The number of phenols is 1. The number of H-pyrrole nitrogens is 1. The van der Waals surface area contributed by atoms with E-state index in [4.69, 9.17) is 4.74 Å². The van der Waals surface area contributed by atoms with Gasteiger partial charge in [0, 0.05) is 11.1 Å². The second-order valence-corrected chi connectivity index (χ2v) is 5.59. The van der Waals surface area contributed by atoms with Gasteiger partial charge >= 0.3 is 0 Å². The quantitative estimate of drug-likeness (QED) is 0.692. The van der Waals surface area contributed by atoms with Crippen molar-refractivity contribution in [2.24, 2.45) is 0 Å². The topological polar surface area (TPSA) is 87.2 Å². The first kappa shape index (κ1) is 14.3. The van der Waals surface area contributed by atoms with Gasteiger partial charge in [-0.2, -0.15) is 5.10 Å². The van der Waals surface area contributed by atoms with Crippen molar-refractivity contribution in [2.45, 2.75) is 6.04 Å². The Morgan fingerprint density at radius 1 is 1.17 bits per heavy atom. The van der Waals surface area contributed by atoms with E-state index in [1.165, 1.54) is 0 Å². The first-order valence-electron chi connectivity index (χ1n) is 7.50. The summed E-state index contributed by atoms with van der Waals surface area (Å²) in [5, 5.41) is 19.8. The number of nitrogens with zero attached hydrogens (tertiary/aromatic N) is 1. The van der Waals surface area contributed by atoms with Crippen LogP contribution in [0.4, 0.5) is 0 Å². The first-order chi connectivity index (χ1) is 11.7. The molecule has 4 rings (SSSR count). The van der Waals surface area contributed by atoms with E-state index in [0.717, 1.165) is 22.4 Å². The zero-order chi connectivity index (χ0) is 16.7. The molecule has 0 spiro atoms. The van der Waals surface area contributed by atoms with E-state index >= 15 is 0 Å². The number of carbonyl (C=O) groups excluding carboxylic acids is 1. The highest BCUT2D eigenvalue weighted by atomic mass is 16.5. The zero-order valence-electron chi connectivity index (χ0n) is 12.9. The van der Waals surface area contributed by atoms with E-state index in [1.54, 1.807) is 25.3 Å². The number of benzene rings is 2. The Morgan fingerprint density at radius 2 is 2.00 bits per heavy atom. The molecule has 3 aromatic rings. The number of aromatic nitrogens is 2. The Labute approximate surface area is 138 Å². The van der Waals surface area contributed by atoms with Crippen LogP contribution in [0.25, 0.3) is 11.3 Å². The molecule has 120 valence electrons. The Hall–Kier alpha value is -3.28. The van der Waals surface area contributed by atoms with Crippen molar-refractivity contribution < 1.29 is 14.6 Å². The smallest absolute Gasteiger partial charge is 0.270 e. The predicted octanol–water partition coefficient (Wildman–Crippen LogP) is 2.62. The molecule has 1 aliphatic rings. The normalized spacial score (nSPS) is 15.9. The second kappa shape index (κ2) is 5.42. The molecule has 0 aliphatic carbocycles. The molecule has 0 bridgehead atoms. The Bertz CT molecular complexity index is 933. The third kappa shape index (κ3) is 2.20. The van der Waals surface area contributed by atoms with Gasteiger partial charge in [-0.3, -0.25) is 9.89 Å². The van der Waals surface area contributed by atoms with Crippen molar-refractivity contribution in [3.63, 3.8) is 0 Å². The van der Waals surface area contributed by atoms with Crippen molar-refractivity contribution in [2.75, 3.05) is 7.11 Å². The molecular formula is C18H15N3O3. The van der Waals surface area contributed by atoms with Crippen LogP contribution in [0.1, 0.15) is 27.7 Å². The van der Waals surface area contributed by atoms with Crippen LogP contribution in [0.2, 0.25) is 0 Å². The Morgan fingerprint density at radius 3 is 2.79 bits per heavy atom. The summed E-state index contributed by atoms with van der Waals surface area (Å²) < 4.78 is 5.27. The number of carbonyl (C=O) groups is 1. The molecule has 0 fully saturated rings. The molecule has 0 radical (unpaired) electrons. The summed E-state index contributed by atoms with van der Waals surface area (Å²) in [5.41, 5.74) is 3.57. The zero-order valence-corrected chi connectivity index (χ0v) is 12.9. The fourth-order valence-corrected chi connectivity index (χ4v) is 3.03. The van der Waals surface area contributed by atoms with Crippen LogP contribution in [0.5, 0.6) is 11.5 Å². The monoisotopic (exact) mass is 321 g/mol. The summed E-state index contributed by atoms with van der Waals surface area (Å²) in [4.78, 5) is 12.2. The lowest BCUT2D eigenvalue weighted by Crippen LogP contribution is -2.21. The van der Waals surface area contributed by atoms with Crippen molar-refractivity contribution in [3.05, 3.63) is 65.4 Å². The number of nitrogens with one attached hydrogen (secondary N) is 2. The molecule has 2 aromatic carbocycles. The molecular weight excluding hydrogens is 306 g/mol. The number of rotatable bonds is 3. The SMILES string of the molecule is COc1cccc(-c2n[nH]c3c2[C@@H](c2cccc(O)c2)NC3=O)c1. The van der Waals surface area contributed by atoms with Gasteiger partial charge in [0.15, 0.2) is 0 Å². The number of methoxy groups -OCH3 is 1. The molecule has 1 aliphatic heterocycles. The number of aromatic hydroxyl groups is 1. The fraction of sp³-hybridized carbons (Fsp3) is 0.111. The number of hydrogen-bond donors (Lipinski definition) is 3. The molecule has 3 N–H and O–H groups in total. The maximum atomic E-state index is 12.2. The standard InChI is InChI=1S/C18H15N3O3/c1-24-13-7-3-5-11(9-13)16-14-15(10-4-2-6-12(22)8-10)19-18(23)17(14)21-20-16/h2-9,15,22H,1H3,(H,19,23)(H,20,21)/t15-/m1/s1. The van der Waals surface area contributed by atoms with Gasteiger partial charge < -0.3 is 15.2 Å². The maximum Gasteiger partial charge on any atom is 0.270 e. The first-order valence-corrected chi connectivity index (χ1v) is 7.50. The summed E-state index contributed by atoms with van der Waals surface area (Å²) in [6, 6.07) is 14.0. The summed E-state index contributed by atoms with van der Waals surface area (Å²) in [5.74, 6) is 0.664. The summed E-state index contributed by atoms with van der Waals surface area (Å²) in [6.07, 6.45) is 0. The molecule has 0 saturated carbocycles. The van der Waals surface area contributed by atoms with E-state index in [-0.39, 0.29) is 17.7 Å². The number of amides is 1. The van der Waals surface area contributed by atoms with Crippen LogP contribution < -0.4 is 10.1 Å². The van der Waals surface area contributed by atoms with Gasteiger partial charge in [-0.25, -0.2) is 0 Å². The lowest BCUT2D eigenvalue weighted by molar-refractivity contribution is 0.0955. The van der Waals surface area contributed by atoms with Gasteiger partial charge in [-0.15, -0.1) is 0 Å². The molecule has 0 unspecified atom stereocenters. The molecule has 2 heterocycles. The largest absolute Gasteiger partial charge is 0.508 e. The number of phenolic OH excluding ortho intramolecular Hbond substituents is 1. The lowest BCUT2D eigenvalue weighted by Gasteiger charge is -2.13. The van der Waals surface area contributed by atoms with Gasteiger partial charge in [0.2, 0.25) is 0 Å². The highest BCUT2D eigenvalue weighted by molar-refractivity contribution is 6.00. The van der Waals surface area contributed by atoms with E-state index in [9.17, 15) is 9.90 Å². The number of fused-ring (bicyclic) bond motifs is 1. The van der Waals surface area contributed by atoms with Crippen molar-refractivity contribution in [3.8, 4) is 22.8 Å². The van der Waals surface area contributed by atoms with Crippen molar-refractivity contribution >= 4 is 5.91 Å². The predicted molar refractivity (Wildman–Crippen MR) is 88.0 cm³/mol. The van der Waals surface area contributed by atoms with Gasteiger partial charge in [-0.1, -0.05) is 24.3 Å².